The Morgan fingerprint density at radius 1 is 1.32 bits per heavy atom. The van der Waals surface area contributed by atoms with Crippen LogP contribution >= 0.6 is 11.8 Å². The highest BCUT2D eigenvalue weighted by atomic mass is 32.2. The molecule has 1 heterocycles. The maximum absolute atomic E-state index is 5.41. The molecule has 0 saturated carbocycles. The van der Waals surface area contributed by atoms with Gasteiger partial charge >= 0.3 is 0 Å². The first-order valence-corrected chi connectivity index (χ1v) is 8.38. The third kappa shape index (κ3) is 4.73. The van der Waals surface area contributed by atoms with E-state index in [0.717, 1.165) is 24.6 Å². The van der Waals surface area contributed by atoms with Gasteiger partial charge in [0.1, 0.15) is 5.75 Å². The van der Waals surface area contributed by atoms with Crippen LogP contribution in [-0.2, 0) is 6.42 Å². The van der Waals surface area contributed by atoms with Gasteiger partial charge in [-0.2, -0.15) is 11.8 Å². The fourth-order valence-corrected chi connectivity index (χ4v) is 3.80. The standard InChI is InChI=1S/C16H25NOS/c1-13(17-12-14-7-9-19-10-8-14)11-15-5-3-4-6-16(15)18-2/h3-6,13-14,17H,7-12H2,1-2H3. The number of nitrogens with one attached hydrogen (secondary N) is 1. The molecule has 0 aromatic heterocycles. The number of para-hydroxylation sites is 1. The van der Waals surface area contributed by atoms with Crippen LogP contribution in [0.5, 0.6) is 5.75 Å². The Bertz CT molecular complexity index is 377. The van der Waals surface area contributed by atoms with Crippen LogP contribution in [0.15, 0.2) is 24.3 Å². The SMILES string of the molecule is COc1ccccc1CC(C)NCC1CCSCC1. The largest absolute Gasteiger partial charge is 0.496 e. The molecule has 1 fully saturated rings. The van der Waals surface area contributed by atoms with Crippen molar-refractivity contribution < 1.29 is 4.74 Å². The first-order valence-electron chi connectivity index (χ1n) is 7.22. The molecule has 1 N–H and O–H groups in total. The van der Waals surface area contributed by atoms with Gasteiger partial charge in [-0.05, 0) is 61.8 Å². The quantitative estimate of drug-likeness (QED) is 0.863. The number of hydrogen-bond acceptors (Lipinski definition) is 3. The number of ether oxygens (including phenoxy) is 1. The number of methoxy groups -OCH3 is 1. The summed E-state index contributed by atoms with van der Waals surface area (Å²) in [5.41, 5.74) is 1.30. The molecule has 1 unspecified atom stereocenters. The molecule has 1 aliphatic rings. The minimum absolute atomic E-state index is 0.505. The van der Waals surface area contributed by atoms with E-state index in [1.807, 2.05) is 12.1 Å². The molecule has 0 aliphatic carbocycles. The van der Waals surface area contributed by atoms with Crippen LogP contribution in [0.1, 0.15) is 25.3 Å². The van der Waals surface area contributed by atoms with Gasteiger partial charge in [-0.25, -0.2) is 0 Å². The van der Waals surface area contributed by atoms with Gasteiger partial charge in [-0.3, -0.25) is 0 Å². The van der Waals surface area contributed by atoms with Crippen LogP contribution in [0.4, 0.5) is 0 Å². The van der Waals surface area contributed by atoms with E-state index in [0.29, 0.717) is 6.04 Å². The summed E-state index contributed by atoms with van der Waals surface area (Å²) in [5.74, 6) is 4.56. The van der Waals surface area contributed by atoms with Crippen molar-refractivity contribution >= 4 is 11.8 Å². The summed E-state index contributed by atoms with van der Waals surface area (Å²) in [6, 6.07) is 8.82. The van der Waals surface area contributed by atoms with Gasteiger partial charge in [0.05, 0.1) is 7.11 Å². The molecule has 3 heteroatoms. The van der Waals surface area contributed by atoms with Crippen LogP contribution in [0.3, 0.4) is 0 Å². The van der Waals surface area contributed by atoms with Crippen LogP contribution in [0.2, 0.25) is 0 Å². The van der Waals surface area contributed by atoms with Crippen LogP contribution in [0, 0.1) is 5.92 Å². The minimum atomic E-state index is 0.505. The molecule has 19 heavy (non-hydrogen) atoms. The summed E-state index contributed by atoms with van der Waals surface area (Å²) in [7, 11) is 1.75. The molecular weight excluding hydrogens is 254 g/mol. The zero-order valence-electron chi connectivity index (χ0n) is 12.0. The topological polar surface area (TPSA) is 21.3 Å². The molecule has 0 spiro atoms. The zero-order valence-corrected chi connectivity index (χ0v) is 12.8. The van der Waals surface area contributed by atoms with Gasteiger partial charge < -0.3 is 10.1 Å². The zero-order chi connectivity index (χ0) is 13.5. The summed E-state index contributed by atoms with van der Waals surface area (Å²) >= 11 is 2.10. The predicted molar refractivity (Wildman–Crippen MR) is 84.2 cm³/mol. The summed E-state index contributed by atoms with van der Waals surface area (Å²) < 4.78 is 5.41. The Morgan fingerprint density at radius 3 is 2.79 bits per heavy atom. The third-order valence-corrected chi connectivity index (χ3v) is 4.86. The summed E-state index contributed by atoms with van der Waals surface area (Å²) in [6.07, 6.45) is 3.78. The monoisotopic (exact) mass is 279 g/mol. The number of hydrogen-bond donors (Lipinski definition) is 1. The molecule has 2 nitrogen and oxygen atoms in total. The second kappa shape index (κ2) is 7.81. The predicted octanol–water partition coefficient (Wildman–Crippen LogP) is 3.36. The second-order valence-corrected chi connectivity index (χ2v) is 6.61. The van der Waals surface area contributed by atoms with Crippen LogP contribution in [0.25, 0.3) is 0 Å². The minimum Gasteiger partial charge on any atom is -0.496 e. The molecule has 0 radical (unpaired) electrons. The first-order chi connectivity index (χ1) is 9.29. The van der Waals surface area contributed by atoms with Crippen molar-refractivity contribution in [1.82, 2.24) is 5.32 Å². The van der Waals surface area contributed by atoms with Crippen molar-refractivity contribution in [3.05, 3.63) is 29.8 Å². The molecule has 106 valence electrons. The molecule has 0 amide bonds. The van der Waals surface area contributed by atoms with Gasteiger partial charge in [0.2, 0.25) is 0 Å². The number of benzene rings is 1. The van der Waals surface area contributed by atoms with Gasteiger partial charge in [0.25, 0.3) is 0 Å². The summed E-state index contributed by atoms with van der Waals surface area (Å²) in [4.78, 5) is 0. The lowest BCUT2D eigenvalue weighted by atomic mass is 10.0. The Labute approximate surface area is 121 Å². The molecule has 1 aromatic rings. The molecule has 1 aromatic carbocycles. The Kier molecular flexibility index (Phi) is 6.05. The van der Waals surface area contributed by atoms with Gasteiger partial charge in [0.15, 0.2) is 0 Å². The van der Waals surface area contributed by atoms with Crippen molar-refractivity contribution in [2.24, 2.45) is 5.92 Å². The molecule has 0 bridgehead atoms. The van der Waals surface area contributed by atoms with E-state index in [1.165, 1.54) is 29.9 Å². The van der Waals surface area contributed by atoms with Crippen molar-refractivity contribution in [2.45, 2.75) is 32.2 Å². The van der Waals surface area contributed by atoms with Crippen molar-refractivity contribution in [1.29, 1.82) is 0 Å². The maximum Gasteiger partial charge on any atom is 0.122 e. The Morgan fingerprint density at radius 2 is 2.05 bits per heavy atom. The second-order valence-electron chi connectivity index (χ2n) is 5.38. The highest BCUT2D eigenvalue weighted by molar-refractivity contribution is 7.99. The Hall–Kier alpha value is -0.670. The first kappa shape index (κ1) is 14.7. The Balaban J connectivity index is 1.78. The summed E-state index contributed by atoms with van der Waals surface area (Å²) in [6.45, 7) is 3.43. The van der Waals surface area contributed by atoms with E-state index < -0.39 is 0 Å². The molecule has 1 saturated heterocycles. The van der Waals surface area contributed by atoms with E-state index in [9.17, 15) is 0 Å². The van der Waals surface area contributed by atoms with E-state index in [1.54, 1.807) is 7.11 Å². The highest BCUT2D eigenvalue weighted by Gasteiger charge is 2.15. The normalized spacial score (nSPS) is 18.2. The third-order valence-electron chi connectivity index (χ3n) is 3.81. The van der Waals surface area contributed by atoms with Crippen molar-refractivity contribution in [3.8, 4) is 5.75 Å². The molecular formula is C16H25NOS. The number of thioether (sulfide) groups is 1. The van der Waals surface area contributed by atoms with E-state index in [2.05, 4.69) is 36.1 Å². The van der Waals surface area contributed by atoms with Gasteiger partial charge in [-0.15, -0.1) is 0 Å². The summed E-state index contributed by atoms with van der Waals surface area (Å²) in [5, 5.41) is 3.69. The maximum atomic E-state index is 5.41. The van der Waals surface area contributed by atoms with E-state index >= 15 is 0 Å². The van der Waals surface area contributed by atoms with Gasteiger partial charge in [0, 0.05) is 6.04 Å². The van der Waals surface area contributed by atoms with Crippen molar-refractivity contribution in [3.63, 3.8) is 0 Å². The average Bonchev–Trinajstić information content (AvgIpc) is 2.47. The fraction of sp³-hybridized carbons (Fsp3) is 0.625. The van der Waals surface area contributed by atoms with Gasteiger partial charge in [-0.1, -0.05) is 18.2 Å². The van der Waals surface area contributed by atoms with E-state index in [4.69, 9.17) is 4.74 Å². The lowest BCUT2D eigenvalue weighted by molar-refractivity contribution is 0.396. The van der Waals surface area contributed by atoms with E-state index in [-0.39, 0.29) is 0 Å². The number of rotatable bonds is 6. The smallest absolute Gasteiger partial charge is 0.122 e. The highest BCUT2D eigenvalue weighted by Crippen LogP contribution is 2.22. The lowest BCUT2D eigenvalue weighted by Crippen LogP contribution is -2.34. The molecule has 2 rings (SSSR count). The van der Waals surface area contributed by atoms with Crippen LogP contribution < -0.4 is 10.1 Å². The fourth-order valence-electron chi connectivity index (χ4n) is 2.59. The molecule has 1 atom stereocenters. The average molecular weight is 279 g/mol. The van der Waals surface area contributed by atoms with Crippen LogP contribution in [-0.4, -0.2) is 31.2 Å². The molecule has 1 aliphatic heterocycles. The van der Waals surface area contributed by atoms with Crippen molar-refractivity contribution in [2.75, 3.05) is 25.2 Å². The lowest BCUT2D eigenvalue weighted by Gasteiger charge is -2.24.